The van der Waals surface area contributed by atoms with E-state index in [0.717, 1.165) is 15.8 Å². The second-order valence-electron chi connectivity index (χ2n) is 2.32. The van der Waals surface area contributed by atoms with Crippen LogP contribution in [0, 0.1) is 0 Å². The van der Waals surface area contributed by atoms with Crippen molar-refractivity contribution >= 4 is 10.0 Å². The fourth-order valence-electron chi connectivity index (χ4n) is 0.746. The molecule has 0 saturated carbocycles. The second kappa shape index (κ2) is 2.67. The fourth-order valence-corrected chi connectivity index (χ4v) is 1.35. The van der Waals surface area contributed by atoms with Crippen molar-refractivity contribution in [2.24, 2.45) is 5.73 Å². The minimum Gasteiger partial charge on any atom is -0.326 e. The maximum absolute atomic E-state index is 10.9. The van der Waals surface area contributed by atoms with E-state index in [4.69, 9.17) is 5.73 Å². The first kappa shape index (κ1) is 8.29. The molecule has 62 valence electrons. The molecule has 0 aliphatic heterocycles. The highest BCUT2D eigenvalue weighted by atomic mass is 32.2. The standard InChI is InChI=1S/C6H10N2O2S/c1-11(9,10)8-3-2-6(4-7)5-8/h2-3,5H,4,7H2,1H3. The quantitative estimate of drug-likeness (QED) is 0.672. The summed E-state index contributed by atoms with van der Waals surface area (Å²) in [4.78, 5) is 0. The van der Waals surface area contributed by atoms with Gasteiger partial charge in [0.1, 0.15) is 0 Å². The molecule has 1 heterocycles. The van der Waals surface area contributed by atoms with E-state index in [1.54, 1.807) is 6.07 Å². The van der Waals surface area contributed by atoms with Crippen LogP contribution in [0.15, 0.2) is 18.5 Å². The van der Waals surface area contributed by atoms with E-state index in [1.165, 1.54) is 12.4 Å². The van der Waals surface area contributed by atoms with Crippen LogP contribution in [0.3, 0.4) is 0 Å². The number of nitrogens with two attached hydrogens (primary N) is 1. The Bertz CT molecular complexity index is 339. The smallest absolute Gasteiger partial charge is 0.235 e. The first-order valence-corrected chi connectivity index (χ1v) is 4.96. The normalized spacial score (nSPS) is 11.8. The van der Waals surface area contributed by atoms with Crippen LogP contribution < -0.4 is 5.73 Å². The van der Waals surface area contributed by atoms with E-state index >= 15 is 0 Å². The van der Waals surface area contributed by atoms with Gasteiger partial charge in [0.2, 0.25) is 10.0 Å². The summed E-state index contributed by atoms with van der Waals surface area (Å²) in [5, 5.41) is 0. The molecule has 0 radical (unpaired) electrons. The summed E-state index contributed by atoms with van der Waals surface area (Å²) < 4.78 is 22.9. The molecule has 1 aromatic rings. The lowest BCUT2D eigenvalue weighted by Gasteiger charge is -1.95. The van der Waals surface area contributed by atoms with Gasteiger partial charge in [0.05, 0.1) is 6.26 Å². The van der Waals surface area contributed by atoms with E-state index in [2.05, 4.69) is 0 Å². The van der Waals surface area contributed by atoms with Crippen LogP contribution >= 0.6 is 0 Å². The SMILES string of the molecule is CS(=O)(=O)n1ccc(CN)c1. The van der Waals surface area contributed by atoms with Gasteiger partial charge in [0.25, 0.3) is 0 Å². The van der Waals surface area contributed by atoms with Crippen molar-refractivity contribution in [3.05, 3.63) is 24.0 Å². The summed E-state index contributed by atoms with van der Waals surface area (Å²) in [7, 11) is -3.13. The Kier molecular flexibility index (Phi) is 2.01. The largest absolute Gasteiger partial charge is 0.326 e. The average Bonchev–Trinajstić information content (AvgIpc) is 2.32. The lowest BCUT2D eigenvalue weighted by molar-refractivity contribution is 0.593. The molecular weight excluding hydrogens is 164 g/mol. The summed E-state index contributed by atoms with van der Waals surface area (Å²) >= 11 is 0. The molecule has 1 aromatic heterocycles. The summed E-state index contributed by atoms with van der Waals surface area (Å²) in [6.07, 6.45) is 4.14. The molecule has 0 aliphatic carbocycles. The first-order chi connectivity index (χ1) is 5.04. The Morgan fingerprint density at radius 1 is 1.64 bits per heavy atom. The molecule has 0 saturated heterocycles. The third-order valence-corrected chi connectivity index (χ3v) is 2.34. The molecule has 0 unspecified atom stereocenters. The van der Waals surface area contributed by atoms with Gasteiger partial charge in [-0.05, 0) is 11.6 Å². The van der Waals surface area contributed by atoms with E-state index in [1.807, 2.05) is 0 Å². The number of aromatic nitrogens is 1. The molecule has 11 heavy (non-hydrogen) atoms. The molecule has 0 aliphatic rings. The molecule has 0 spiro atoms. The molecule has 0 atom stereocenters. The van der Waals surface area contributed by atoms with Gasteiger partial charge in [-0.25, -0.2) is 8.42 Å². The minimum atomic E-state index is -3.13. The second-order valence-corrected chi connectivity index (χ2v) is 4.20. The Labute approximate surface area is 65.7 Å². The van der Waals surface area contributed by atoms with Crippen molar-refractivity contribution in [2.75, 3.05) is 6.26 Å². The highest BCUT2D eigenvalue weighted by molar-refractivity contribution is 7.89. The number of nitrogens with zero attached hydrogens (tertiary/aromatic N) is 1. The van der Waals surface area contributed by atoms with Crippen LogP contribution in [0.5, 0.6) is 0 Å². The zero-order valence-corrected chi connectivity index (χ0v) is 7.00. The maximum Gasteiger partial charge on any atom is 0.235 e. The van der Waals surface area contributed by atoms with E-state index in [9.17, 15) is 8.42 Å². The Morgan fingerprint density at radius 3 is 2.55 bits per heavy atom. The van der Waals surface area contributed by atoms with Crippen molar-refractivity contribution in [3.8, 4) is 0 Å². The third-order valence-electron chi connectivity index (χ3n) is 1.35. The highest BCUT2D eigenvalue weighted by Gasteiger charge is 2.03. The molecule has 0 bridgehead atoms. The summed E-state index contributed by atoms with van der Waals surface area (Å²) in [5.74, 6) is 0. The van der Waals surface area contributed by atoms with Gasteiger partial charge in [-0.2, -0.15) is 0 Å². The molecular formula is C6H10N2O2S. The van der Waals surface area contributed by atoms with Crippen LogP contribution in [0.25, 0.3) is 0 Å². The van der Waals surface area contributed by atoms with Crippen molar-refractivity contribution in [1.82, 2.24) is 3.97 Å². The van der Waals surface area contributed by atoms with Crippen molar-refractivity contribution in [1.29, 1.82) is 0 Å². The van der Waals surface area contributed by atoms with Gasteiger partial charge in [-0.15, -0.1) is 0 Å². The molecule has 5 heteroatoms. The van der Waals surface area contributed by atoms with Crippen LogP contribution in [0.1, 0.15) is 5.56 Å². The van der Waals surface area contributed by atoms with Gasteiger partial charge in [-0.1, -0.05) is 0 Å². The number of hydrogen-bond donors (Lipinski definition) is 1. The summed E-state index contributed by atoms with van der Waals surface area (Å²) in [6.45, 7) is 0.364. The molecule has 0 amide bonds. The predicted octanol–water partition coefficient (Wildman–Crippen LogP) is -0.245. The van der Waals surface area contributed by atoms with E-state index in [-0.39, 0.29) is 0 Å². The predicted molar refractivity (Wildman–Crippen MR) is 42.6 cm³/mol. The van der Waals surface area contributed by atoms with Crippen LogP contribution in [-0.4, -0.2) is 18.6 Å². The zero-order valence-electron chi connectivity index (χ0n) is 6.19. The van der Waals surface area contributed by atoms with Gasteiger partial charge >= 0.3 is 0 Å². The molecule has 0 aromatic carbocycles. The summed E-state index contributed by atoms with van der Waals surface area (Å²) in [5.41, 5.74) is 6.11. The van der Waals surface area contributed by atoms with Gasteiger partial charge in [0, 0.05) is 18.9 Å². The van der Waals surface area contributed by atoms with Gasteiger partial charge in [0.15, 0.2) is 0 Å². The topological polar surface area (TPSA) is 65.1 Å². The van der Waals surface area contributed by atoms with Gasteiger partial charge < -0.3 is 5.73 Å². The number of rotatable bonds is 2. The van der Waals surface area contributed by atoms with E-state index < -0.39 is 10.0 Å². The van der Waals surface area contributed by atoms with Crippen LogP contribution in [0.2, 0.25) is 0 Å². The van der Waals surface area contributed by atoms with Crippen LogP contribution in [0.4, 0.5) is 0 Å². The zero-order chi connectivity index (χ0) is 8.48. The lowest BCUT2D eigenvalue weighted by atomic mass is 10.4. The Balaban J connectivity index is 3.09. The fraction of sp³-hybridized carbons (Fsp3) is 0.333. The lowest BCUT2D eigenvalue weighted by Crippen LogP contribution is -2.07. The Hall–Kier alpha value is -0.810. The molecule has 1 rings (SSSR count). The first-order valence-electron chi connectivity index (χ1n) is 3.11. The highest BCUT2D eigenvalue weighted by Crippen LogP contribution is 2.01. The van der Waals surface area contributed by atoms with Crippen molar-refractivity contribution in [2.45, 2.75) is 6.54 Å². The molecule has 4 nitrogen and oxygen atoms in total. The Morgan fingerprint density at radius 2 is 2.27 bits per heavy atom. The maximum atomic E-state index is 10.9. The summed E-state index contributed by atoms with van der Waals surface area (Å²) in [6, 6.07) is 1.68. The van der Waals surface area contributed by atoms with Crippen molar-refractivity contribution < 1.29 is 8.42 Å². The molecule has 2 N–H and O–H groups in total. The van der Waals surface area contributed by atoms with Crippen molar-refractivity contribution in [3.63, 3.8) is 0 Å². The molecule has 0 fully saturated rings. The van der Waals surface area contributed by atoms with Gasteiger partial charge in [-0.3, -0.25) is 3.97 Å². The third kappa shape index (κ3) is 1.81. The van der Waals surface area contributed by atoms with E-state index in [0.29, 0.717) is 6.54 Å². The minimum absolute atomic E-state index is 0.364. The monoisotopic (exact) mass is 174 g/mol. The number of hydrogen-bond acceptors (Lipinski definition) is 3. The average molecular weight is 174 g/mol. The van der Waals surface area contributed by atoms with Crippen LogP contribution in [-0.2, 0) is 16.6 Å².